The van der Waals surface area contributed by atoms with E-state index in [0.29, 0.717) is 11.4 Å². The van der Waals surface area contributed by atoms with E-state index >= 15 is 0 Å². The Hall–Kier alpha value is -3.75. The van der Waals surface area contributed by atoms with E-state index in [1.54, 1.807) is 31.2 Å². The first-order chi connectivity index (χ1) is 15.2. The van der Waals surface area contributed by atoms with Crippen molar-refractivity contribution in [1.82, 2.24) is 15.3 Å². The van der Waals surface area contributed by atoms with Gasteiger partial charge in [0.05, 0.1) is 5.69 Å². The molecule has 1 aromatic heterocycles. The van der Waals surface area contributed by atoms with Crippen LogP contribution in [0.3, 0.4) is 0 Å². The van der Waals surface area contributed by atoms with Crippen LogP contribution in [0.15, 0.2) is 34.6 Å². The summed E-state index contributed by atoms with van der Waals surface area (Å²) < 4.78 is 0. The first kappa shape index (κ1) is 22.9. The number of fused-ring (bicyclic) bond motifs is 1. The fourth-order valence-corrected chi connectivity index (χ4v) is 3.94. The lowest BCUT2D eigenvalue weighted by molar-refractivity contribution is -0.140. The van der Waals surface area contributed by atoms with E-state index < -0.39 is 23.9 Å². The summed E-state index contributed by atoms with van der Waals surface area (Å²) in [7, 11) is 0. The van der Waals surface area contributed by atoms with Crippen molar-refractivity contribution in [1.29, 1.82) is 0 Å². The maximum absolute atomic E-state index is 12.4. The molecule has 1 aliphatic rings. The predicted molar refractivity (Wildman–Crippen MR) is 117 cm³/mol. The van der Waals surface area contributed by atoms with Crippen LogP contribution in [0.1, 0.15) is 65.1 Å². The third-order valence-electron chi connectivity index (χ3n) is 5.54. The zero-order chi connectivity index (χ0) is 23.4. The number of aromatic amines is 1. The maximum atomic E-state index is 12.4. The van der Waals surface area contributed by atoms with E-state index in [1.807, 2.05) is 13.0 Å². The molecule has 1 amide bonds. The molecule has 9 heteroatoms. The Kier molecular flexibility index (Phi) is 6.87. The summed E-state index contributed by atoms with van der Waals surface area (Å²) in [6, 6.07) is 5.34. The van der Waals surface area contributed by atoms with Crippen LogP contribution in [-0.4, -0.2) is 44.1 Å². The molecule has 0 radical (unpaired) electrons. The summed E-state index contributed by atoms with van der Waals surface area (Å²) in [6.07, 6.45) is 2.95. The zero-order valence-electron chi connectivity index (χ0n) is 17.8. The Morgan fingerprint density at radius 2 is 1.94 bits per heavy atom. The van der Waals surface area contributed by atoms with Crippen molar-refractivity contribution in [2.45, 2.75) is 51.5 Å². The number of carboxylic acids is 2. The van der Waals surface area contributed by atoms with Crippen molar-refractivity contribution >= 4 is 23.9 Å². The van der Waals surface area contributed by atoms with Gasteiger partial charge in [0.2, 0.25) is 0 Å². The largest absolute Gasteiger partial charge is 0.481 e. The van der Waals surface area contributed by atoms with Crippen LogP contribution in [0.2, 0.25) is 0 Å². The fraction of sp³-hybridized carbons (Fsp3) is 0.348. The zero-order valence-corrected chi connectivity index (χ0v) is 17.8. The van der Waals surface area contributed by atoms with Gasteiger partial charge in [-0.1, -0.05) is 23.8 Å². The van der Waals surface area contributed by atoms with Gasteiger partial charge in [-0.05, 0) is 50.8 Å². The number of carboxylic acid groups (broad SMARTS) is 2. The first-order valence-electron chi connectivity index (χ1n) is 10.3. The molecule has 2 aromatic rings. The van der Waals surface area contributed by atoms with Crippen molar-refractivity contribution in [3.63, 3.8) is 0 Å². The average molecular weight is 439 g/mol. The van der Waals surface area contributed by atoms with E-state index in [9.17, 15) is 24.3 Å². The fourth-order valence-electron chi connectivity index (χ4n) is 3.94. The Morgan fingerprint density at radius 1 is 1.25 bits per heavy atom. The highest BCUT2D eigenvalue weighted by molar-refractivity contribution is 5.96. The minimum absolute atomic E-state index is 0.0182. The smallest absolute Gasteiger partial charge is 0.326 e. The summed E-state index contributed by atoms with van der Waals surface area (Å²) >= 11 is 0. The van der Waals surface area contributed by atoms with Crippen molar-refractivity contribution in [2.24, 2.45) is 0 Å². The molecule has 32 heavy (non-hydrogen) atoms. The number of hydrogen-bond donors (Lipinski definition) is 4. The molecule has 0 saturated carbocycles. The minimum Gasteiger partial charge on any atom is -0.481 e. The summed E-state index contributed by atoms with van der Waals surface area (Å²) in [5.74, 6) is -2.41. The quantitative estimate of drug-likeness (QED) is 0.493. The highest BCUT2D eigenvalue weighted by atomic mass is 16.4. The molecule has 0 spiro atoms. The number of carbonyl (C=O) groups is 3. The number of rotatable bonds is 8. The van der Waals surface area contributed by atoms with Gasteiger partial charge in [0.15, 0.2) is 0 Å². The van der Waals surface area contributed by atoms with Crippen LogP contribution in [0.5, 0.6) is 0 Å². The molecule has 168 valence electrons. The second kappa shape index (κ2) is 9.59. The van der Waals surface area contributed by atoms with Gasteiger partial charge in [-0.15, -0.1) is 0 Å². The van der Waals surface area contributed by atoms with Gasteiger partial charge in [0, 0.05) is 23.5 Å². The van der Waals surface area contributed by atoms with Gasteiger partial charge < -0.3 is 20.5 Å². The SMILES string of the molecule is C/C(=C\c1ccc(C(=O)N[C@@H](CCC(=O)O)C(=O)O)cc1)C1CCc2nc(C)[nH]c(=O)c21. The van der Waals surface area contributed by atoms with Crippen molar-refractivity contribution in [3.05, 3.63) is 68.4 Å². The van der Waals surface area contributed by atoms with Gasteiger partial charge in [-0.2, -0.15) is 0 Å². The van der Waals surface area contributed by atoms with Crippen LogP contribution in [0.4, 0.5) is 0 Å². The van der Waals surface area contributed by atoms with E-state index in [0.717, 1.165) is 29.7 Å². The van der Waals surface area contributed by atoms with Crippen molar-refractivity contribution < 1.29 is 24.6 Å². The van der Waals surface area contributed by atoms with Crippen LogP contribution >= 0.6 is 0 Å². The molecule has 0 fully saturated rings. The van der Waals surface area contributed by atoms with Crippen molar-refractivity contribution in [2.75, 3.05) is 0 Å². The number of benzene rings is 1. The van der Waals surface area contributed by atoms with Gasteiger partial charge in [-0.3, -0.25) is 14.4 Å². The predicted octanol–water partition coefficient (Wildman–Crippen LogP) is 2.26. The minimum atomic E-state index is -1.29. The van der Waals surface area contributed by atoms with E-state index in [4.69, 9.17) is 5.11 Å². The second-order valence-electron chi connectivity index (χ2n) is 7.91. The number of aryl methyl sites for hydroxylation is 2. The Balaban J connectivity index is 1.72. The average Bonchev–Trinajstić information content (AvgIpc) is 3.15. The molecule has 1 heterocycles. The van der Waals surface area contributed by atoms with E-state index in [1.165, 1.54) is 0 Å². The Labute approximate surface area is 184 Å². The highest BCUT2D eigenvalue weighted by Gasteiger charge is 2.28. The number of H-pyrrole nitrogens is 1. The van der Waals surface area contributed by atoms with Gasteiger partial charge >= 0.3 is 11.9 Å². The molecule has 0 aliphatic heterocycles. The van der Waals surface area contributed by atoms with Crippen LogP contribution in [0, 0.1) is 6.92 Å². The summed E-state index contributed by atoms with van der Waals surface area (Å²) in [4.78, 5) is 53.9. The number of amides is 1. The number of carbonyl (C=O) groups excluding carboxylic acids is 1. The van der Waals surface area contributed by atoms with E-state index in [2.05, 4.69) is 15.3 Å². The molecule has 1 aliphatic carbocycles. The number of allylic oxidation sites excluding steroid dienone is 1. The Bertz CT molecular complexity index is 1130. The van der Waals surface area contributed by atoms with Gasteiger partial charge in [0.1, 0.15) is 11.9 Å². The number of nitrogens with one attached hydrogen (secondary N) is 2. The molecule has 1 unspecified atom stereocenters. The molecule has 0 bridgehead atoms. The molecule has 1 aromatic carbocycles. The lowest BCUT2D eigenvalue weighted by Gasteiger charge is -2.14. The molecule has 0 saturated heterocycles. The van der Waals surface area contributed by atoms with Crippen molar-refractivity contribution in [3.8, 4) is 0 Å². The normalized spacial score (nSPS) is 16.3. The summed E-state index contributed by atoms with van der Waals surface area (Å²) in [5.41, 5.74) is 3.56. The van der Waals surface area contributed by atoms with Gasteiger partial charge in [0.25, 0.3) is 11.5 Å². The summed E-state index contributed by atoms with van der Waals surface area (Å²) in [6.45, 7) is 3.72. The molecular weight excluding hydrogens is 414 g/mol. The Morgan fingerprint density at radius 3 is 2.56 bits per heavy atom. The lowest BCUT2D eigenvalue weighted by atomic mass is 9.93. The topological polar surface area (TPSA) is 149 Å². The molecule has 2 atom stereocenters. The van der Waals surface area contributed by atoms with Crippen LogP contribution < -0.4 is 10.9 Å². The lowest BCUT2D eigenvalue weighted by Crippen LogP contribution is -2.41. The van der Waals surface area contributed by atoms with E-state index in [-0.39, 0.29) is 29.9 Å². The third-order valence-corrected chi connectivity index (χ3v) is 5.54. The first-order valence-corrected chi connectivity index (χ1v) is 10.3. The molecular formula is C23H25N3O6. The van der Waals surface area contributed by atoms with Crippen LogP contribution in [0.25, 0.3) is 6.08 Å². The monoisotopic (exact) mass is 439 g/mol. The summed E-state index contributed by atoms with van der Waals surface area (Å²) in [5, 5.41) is 20.3. The molecule has 4 N–H and O–H groups in total. The number of aliphatic carboxylic acids is 2. The third kappa shape index (κ3) is 5.29. The number of hydrogen-bond acceptors (Lipinski definition) is 5. The highest BCUT2D eigenvalue weighted by Crippen LogP contribution is 2.35. The number of nitrogens with zero attached hydrogens (tertiary/aromatic N) is 1. The standard InChI is InChI=1S/C23H25N3O6/c1-12(16-7-8-17-20(16)22(30)25-13(2)24-17)11-14-3-5-15(6-4-14)21(29)26-18(23(31)32)9-10-19(27)28/h3-6,11,16,18H,7-10H2,1-2H3,(H,26,29)(H,27,28)(H,31,32)(H,24,25,30)/b12-11+/t16?,18-/m0/s1. The number of aromatic nitrogens is 2. The maximum Gasteiger partial charge on any atom is 0.326 e. The van der Waals surface area contributed by atoms with Crippen LogP contribution in [-0.2, 0) is 16.0 Å². The molecule has 3 rings (SSSR count). The second-order valence-corrected chi connectivity index (χ2v) is 7.91. The molecule has 9 nitrogen and oxygen atoms in total. The van der Waals surface area contributed by atoms with Gasteiger partial charge in [-0.25, -0.2) is 9.78 Å².